The molecule has 8 heteroatoms. The minimum absolute atomic E-state index is 0.156. The van der Waals surface area contributed by atoms with Crippen molar-refractivity contribution in [3.8, 4) is 0 Å². The van der Waals surface area contributed by atoms with Gasteiger partial charge in [0, 0.05) is 25.0 Å². The van der Waals surface area contributed by atoms with E-state index in [4.69, 9.17) is 9.26 Å². The summed E-state index contributed by atoms with van der Waals surface area (Å²) in [5.74, 6) is -0.381. The predicted octanol–water partition coefficient (Wildman–Crippen LogP) is 0.981. The van der Waals surface area contributed by atoms with Crippen LogP contribution in [-0.4, -0.2) is 40.2 Å². The summed E-state index contributed by atoms with van der Waals surface area (Å²) in [6.45, 7) is 2.47. The van der Waals surface area contributed by atoms with Crippen LogP contribution in [0, 0.1) is 18.8 Å². The van der Waals surface area contributed by atoms with E-state index in [0.717, 1.165) is 5.56 Å². The Bertz CT molecular complexity index is 940. The van der Waals surface area contributed by atoms with E-state index in [1.807, 2.05) is 24.3 Å². The molecule has 3 aliphatic rings. The Balaban J connectivity index is 1.38. The predicted molar refractivity (Wildman–Crippen MR) is 93.4 cm³/mol. The molecule has 2 aromatic heterocycles. The smallest absolute Gasteiger partial charge is 0.235 e. The maximum Gasteiger partial charge on any atom is 0.235 e. The maximum absolute atomic E-state index is 13.1. The lowest BCUT2D eigenvalue weighted by Gasteiger charge is -2.23. The first-order valence-corrected chi connectivity index (χ1v) is 8.86. The number of amides is 2. The van der Waals surface area contributed by atoms with Crippen LogP contribution in [0.15, 0.2) is 47.3 Å². The molecular weight excluding hydrogens is 348 g/mol. The molecule has 3 aliphatic heterocycles. The van der Waals surface area contributed by atoms with E-state index in [0.29, 0.717) is 24.7 Å². The van der Waals surface area contributed by atoms with Crippen molar-refractivity contribution in [1.82, 2.24) is 15.5 Å². The van der Waals surface area contributed by atoms with Crippen LogP contribution in [0.25, 0.3) is 0 Å². The van der Waals surface area contributed by atoms with Crippen LogP contribution < -0.4 is 10.2 Å². The Labute approximate surface area is 155 Å². The van der Waals surface area contributed by atoms with Gasteiger partial charge in [0.05, 0.1) is 24.5 Å². The van der Waals surface area contributed by atoms with E-state index in [1.165, 1.54) is 0 Å². The zero-order chi connectivity index (χ0) is 18.6. The molecule has 4 unspecified atom stereocenters. The van der Waals surface area contributed by atoms with Crippen molar-refractivity contribution in [2.45, 2.75) is 25.2 Å². The number of hydrogen-bond donors (Lipinski definition) is 1. The third kappa shape index (κ3) is 2.40. The summed E-state index contributed by atoms with van der Waals surface area (Å²) in [5, 5.41) is 6.86. The van der Waals surface area contributed by atoms with Crippen LogP contribution in [-0.2, 0) is 20.9 Å². The van der Waals surface area contributed by atoms with E-state index in [9.17, 15) is 9.59 Å². The highest BCUT2D eigenvalue weighted by Crippen LogP contribution is 2.52. The number of carbonyl (C=O) groups is 2. The van der Waals surface area contributed by atoms with Gasteiger partial charge in [-0.15, -0.1) is 0 Å². The molecule has 0 radical (unpaired) electrons. The first-order chi connectivity index (χ1) is 13.1. The van der Waals surface area contributed by atoms with Crippen molar-refractivity contribution in [1.29, 1.82) is 0 Å². The molecule has 8 nitrogen and oxygen atoms in total. The molecule has 2 aromatic rings. The van der Waals surface area contributed by atoms with Gasteiger partial charge in [-0.25, -0.2) is 0 Å². The van der Waals surface area contributed by atoms with E-state index in [2.05, 4.69) is 15.5 Å². The van der Waals surface area contributed by atoms with Crippen molar-refractivity contribution >= 4 is 17.6 Å². The van der Waals surface area contributed by atoms with Gasteiger partial charge in [0.1, 0.15) is 11.4 Å². The van der Waals surface area contributed by atoms with Gasteiger partial charge in [-0.1, -0.05) is 23.4 Å². The topological polar surface area (TPSA) is 97.6 Å². The second-order valence-electron chi connectivity index (χ2n) is 7.20. The Morgan fingerprint density at radius 3 is 3.11 bits per heavy atom. The molecule has 0 aliphatic carbocycles. The largest absolute Gasteiger partial charge is 0.360 e. The number of pyridine rings is 1. The average Bonchev–Trinajstić information content (AvgIpc) is 3.42. The Morgan fingerprint density at radius 2 is 2.37 bits per heavy atom. The van der Waals surface area contributed by atoms with Crippen LogP contribution in [0.2, 0.25) is 0 Å². The molecular formula is C19H18N4O4. The highest BCUT2D eigenvalue weighted by Gasteiger charge is 2.67. The lowest BCUT2D eigenvalue weighted by atomic mass is 9.77. The van der Waals surface area contributed by atoms with Gasteiger partial charge >= 0.3 is 0 Å². The normalized spacial score (nSPS) is 30.8. The molecule has 2 fully saturated rings. The lowest BCUT2D eigenvalue weighted by Crippen LogP contribution is -2.44. The number of aryl methyl sites for hydroxylation is 1. The van der Waals surface area contributed by atoms with Crippen LogP contribution in [0.4, 0.5) is 5.82 Å². The molecule has 138 valence electrons. The highest BCUT2D eigenvalue weighted by atomic mass is 16.5. The van der Waals surface area contributed by atoms with Crippen LogP contribution in [0.3, 0.4) is 0 Å². The summed E-state index contributed by atoms with van der Waals surface area (Å²) < 4.78 is 11.2. The summed E-state index contributed by atoms with van der Waals surface area (Å²) in [6, 6.07) is 5.42. The Morgan fingerprint density at radius 1 is 1.48 bits per heavy atom. The highest BCUT2D eigenvalue weighted by molar-refractivity contribution is 6.02. The molecule has 5 heterocycles. The van der Waals surface area contributed by atoms with E-state index >= 15 is 0 Å². The fraction of sp³-hybridized carbons (Fsp3) is 0.368. The zero-order valence-electron chi connectivity index (χ0n) is 14.7. The molecule has 1 spiro atoms. The first-order valence-electron chi connectivity index (χ1n) is 8.86. The SMILES string of the molecule is Cc1cc(N2CC34C=CC(O3)C(C(=O)NCc3cccnc3)C4C2=O)no1. The maximum atomic E-state index is 13.1. The monoisotopic (exact) mass is 366 g/mol. The van der Waals surface area contributed by atoms with Gasteiger partial charge in [-0.05, 0) is 18.6 Å². The number of anilines is 1. The van der Waals surface area contributed by atoms with E-state index in [1.54, 1.807) is 30.3 Å². The van der Waals surface area contributed by atoms with Crippen molar-refractivity contribution in [2.24, 2.45) is 11.8 Å². The number of ether oxygens (including phenoxy) is 1. The molecule has 5 rings (SSSR count). The fourth-order valence-electron chi connectivity index (χ4n) is 4.28. The van der Waals surface area contributed by atoms with Gasteiger partial charge in [0.25, 0.3) is 0 Å². The Hall–Kier alpha value is -3.00. The van der Waals surface area contributed by atoms with Gasteiger partial charge in [0.15, 0.2) is 5.82 Å². The first kappa shape index (κ1) is 16.2. The molecule has 2 saturated heterocycles. The Kier molecular flexibility index (Phi) is 3.45. The number of nitrogens with one attached hydrogen (secondary N) is 1. The quantitative estimate of drug-likeness (QED) is 0.810. The molecule has 1 N–H and O–H groups in total. The summed E-state index contributed by atoms with van der Waals surface area (Å²) in [7, 11) is 0. The summed E-state index contributed by atoms with van der Waals surface area (Å²) in [5.41, 5.74) is 0.128. The second-order valence-corrected chi connectivity index (χ2v) is 7.20. The van der Waals surface area contributed by atoms with Crippen LogP contribution in [0.5, 0.6) is 0 Å². The fourth-order valence-corrected chi connectivity index (χ4v) is 4.28. The van der Waals surface area contributed by atoms with E-state index in [-0.39, 0.29) is 17.9 Å². The van der Waals surface area contributed by atoms with Gasteiger partial charge < -0.3 is 14.6 Å². The standard InChI is InChI=1S/C19H18N4O4/c1-11-7-14(22-27-11)23-10-19-5-4-13(26-19)15(16(19)18(23)25)17(24)21-9-12-3-2-6-20-8-12/h2-8,13,15-16H,9-10H2,1H3,(H,21,24). The van der Waals surface area contributed by atoms with Crippen molar-refractivity contribution in [3.63, 3.8) is 0 Å². The van der Waals surface area contributed by atoms with Crippen LogP contribution >= 0.6 is 0 Å². The minimum atomic E-state index is -0.773. The molecule has 2 bridgehead atoms. The van der Waals surface area contributed by atoms with Crippen molar-refractivity contribution in [2.75, 3.05) is 11.4 Å². The number of nitrogens with zero attached hydrogens (tertiary/aromatic N) is 3. The summed E-state index contributed by atoms with van der Waals surface area (Å²) >= 11 is 0. The average molecular weight is 366 g/mol. The van der Waals surface area contributed by atoms with Crippen LogP contribution in [0.1, 0.15) is 11.3 Å². The van der Waals surface area contributed by atoms with Crippen molar-refractivity contribution in [3.05, 3.63) is 54.1 Å². The molecule has 27 heavy (non-hydrogen) atoms. The van der Waals surface area contributed by atoms with Crippen molar-refractivity contribution < 1.29 is 18.8 Å². The summed E-state index contributed by atoms with van der Waals surface area (Å²) in [6.07, 6.45) is 6.80. The molecule has 0 aromatic carbocycles. The summed E-state index contributed by atoms with van der Waals surface area (Å²) in [4.78, 5) is 31.6. The molecule has 4 atom stereocenters. The third-order valence-corrected chi connectivity index (χ3v) is 5.48. The zero-order valence-corrected chi connectivity index (χ0v) is 14.7. The third-order valence-electron chi connectivity index (χ3n) is 5.48. The number of carbonyl (C=O) groups excluding carboxylic acids is 2. The molecule has 0 saturated carbocycles. The van der Waals surface area contributed by atoms with Gasteiger partial charge in [0.2, 0.25) is 11.8 Å². The number of aromatic nitrogens is 2. The second kappa shape index (κ2) is 5.75. The minimum Gasteiger partial charge on any atom is -0.360 e. The van der Waals surface area contributed by atoms with Gasteiger partial charge in [-0.3, -0.25) is 19.5 Å². The number of fused-ring (bicyclic) bond motifs is 1. The number of hydrogen-bond acceptors (Lipinski definition) is 6. The lowest BCUT2D eigenvalue weighted by molar-refractivity contribution is -0.132. The van der Waals surface area contributed by atoms with Gasteiger partial charge in [-0.2, -0.15) is 0 Å². The number of rotatable bonds is 4. The van der Waals surface area contributed by atoms with E-state index < -0.39 is 17.4 Å². The molecule has 2 amide bonds.